The van der Waals surface area contributed by atoms with Crippen LogP contribution in [-0.4, -0.2) is 84.5 Å². The zero-order valence-corrected chi connectivity index (χ0v) is 23.2. The van der Waals surface area contributed by atoms with Gasteiger partial charge in [-0.1, -0.05) is 37.5 Å². The number of para-hydroxylation sites is 1. The lowest BCUT2D eigenvalue weighted by molar-refractivity contribution is -0.150. The van der Waals surface area contributed by atoms with Crippen LogP contribution < -0.4 is 20.7 Å². The molecule has 3 heterocycles. The van der Waals surface area contributed by atoms with Gasteiger partial charge in [-0.25, -0.2) is 0 Å². The topological polar surface area (TPSA) is 103 Å². The van der Waals surface area contributed by atoms with E-state index >= 15 is 0 Å². The van der Waals surface area contributed by atoms with Crippen molar-refractivity contribution in [3.05, 3.63) is 29.8 Å². The number of benzene rings is 1. The molecule has 3 aliphatic heterocycles. The van der Waals surface area contributed by atoms with Crippen molar-refractivity contribution in [1.82, 2.24) is 25.8 Å². The van der Waals surface area contributed by atoms with E-state index in [9.17, 15) is 14.4 Å². The van der Waals surface area contributed by atoms with Crippen LogP contribution in [0.2, 0.25) is 0 Å². The van der Waals surface area contributed by atoms with Crippen LogP contribution in [0, 0.1) is 11.8 Å². The normalized spacial score (nSPS) is 31.6. The number of carbonyl (C=O) groups is 3. The van der Waals surface area contributed by atoms with Crippen molar-refractivity contribution in [3.8, 4) is 5.75 Å². The Kier molecular flexibility index (Phi) is 7.55. The van der Waals surface area contributed by atoms with Crippen molar-refractivity contribution >= 4 is 17.7 Å². The van der Waals surface area contributed by atoms with Gasteiger partial charge in [0, 0.05) is 37.2 Å². The standard InChI is InChI=1S/C30H43N5O4/c1-18(31-2)28(36)33-27(19-8-4-3-5-9-19)30(38)35-16-21-14-20-15-24(20)34(21)17-25(35)29(37)32-23-12-13-39-26-11-7-6-10-22(23)26/h6-7,10-11,18-21,23-25,27,31H,3-5,8-9,12-17H2,1-2H3,(H,32,37)(H,33,36)/t18-,20+,21+,23+,24-,25?,27-/m0/s1. The summed E-state index contributed by atoms with van der Waals surface area (Å²) in [4.78, 5) is 45.7. The van der Waals surface area contributed by atoms with Gasteiger partial charge in [-0.3, -0.25) is 19.3 Å². The van der Waals surface area contributed by atoms with Gasteiger partial charge < -0.3 is 25.6 Å². The maximum Gasteiger partial charge on any atom is 0.246 e. The third-order valence-corrected chi connectivity index (χ3v) is 9.89. The molecule has 0 bridgehead atoms. The van der Waals surface area contributed by atoms with Gasteiger partial charge in [0.2, 0.25) is 17.7 Å². The number of rotatable bonds is 7. The number of piperidine rings is 1. The fraction of sp³-hybridized carbons (Fsp3) is 0.700. The second kappa shape index (κ2) is 11.1. The summed E-state index contributed by atoms with van der Waals surface area (Å²) in [7, 11) is 1.75. The summed E-state index contributed by atoms with van der Waals surface area (Å²) in [6.07, 6.45) is 8.14. The van der Waals surface area contributed by atoms with Gasteiger partial charge >= 0.3 is 0 Å². The minimum atomic E-state index is -0.602. The number of piperazine rings is 1. The molecule has 0 spiro atoms. The zero-order valence-electron chi connectivity index (χ0n) is 23.2. The second-order valence-electron chi connectivity index (χ2n) is 12.3. The molecule has 4 fully saturated rings. The third-order valence-electron chi connectivity index (χ3n) is 9.89. The largest absolute Gasteiger partial charge is 0.493 e. The molecule has 212 valence electrons. The van der Waals surface area contributed by atoms with E-state index in [-0.39, 0.29) is 29.7 Å². The highest BCUT2D eigenvalue weighted by Gasteiger charge is 2.56. The van der Waals surface area contributed by atoms with Crippen LogP contribution in [0.4, 0.5) is 0 Å². The van der Waals surface area contributed by atoms with Crippen LogP contribution in [0.15, 0.2) is 24.3 Å². The lowest BCUT2D eigenvalue weighted by atomic mass is 9.82. The summed E-state index contributed by atoms with van der Waals surface area (Å²) < 4.78 is 5.81. The first-order valence-corrected chi connectivity index (χ1v) is 15.0. The Morgan fingerprint density at radius 1 is 1.03 bits per heavy atom. The molecule has 0 aromatic heterocycles. The lowest BCUT2D eigenvalue weighted by Gasteiger charge is -2.46. The maximum absolute atomic E-state index is 14.4. The molecule has 1 aromatic rings. The molecule has 7 atom stereocenters. The quantitative estimate of drug-likeness (QED) is 0.492. The van der Waals surface area contributed by atoms with Crippen molar-refractivity contribution in [2.45, 2.75) is 94.5 Å². The lowest BCUT2D eigenvalue weighted by Crippen LogP contribution is -2.67. The smallest absolute Gasteiger partial charge is 0.246 e. The van der Waals surface area contributed by atoms with E-state index in [1.165, 1.54) is 12.8 Å². The van der Waals surface area contributed by atoms with Crippen LogP contribution in [-0.2, 0) is 14.4 Å². The highest BCUT2D eigenvalue weighted by atomic mass is 16.5. The second-order valence-corrected chi connectivity index (χ2v) is 12.3. The molecule has 2 aliphatic carbocycles. The summed E-state index contributed by atoms with van der Waals surface area (Å²) >= 11 is 0. The Balaban J connectivity index is 1.25. The summed E-state index contributed by atoms with van der Waals surface area (Å²) in [5.74, 6) is 1.24. The minimum Gasteiger partial charge on any atom is -0.493 e. The molecule has 5 aliphatic rings. The van der Waals surface area contributed by atoms with Gasteiger partial charge in [-0.15, -0.1) is 0 Å². The van der Waals surface area contributed by atoms with Crippen LogP contribution in [0.3, 0.4) is 0 Å². The molecule has 2 saturated carbocycles. The van der Waals surface area contributed by atoms with E-state index in [2.05, 4.69) is 20.9 Å². The van der Waals surface area contributed by atoms with Crippen molar-refractivity contribution in [2.24, 2.45) is 11.8 Å². The number of carbonyl (C=O) groups excluding carboxylic acids is 3. The van der Waals surface area contributed by atoms with E-state index in [4.69, 9.17) is 4.74 Å². The Labute approximate surface area is 231 Å². The maximum atomic E-state index is 14.4. The van der Waals surface area contributed by atoms with Crippen LogP contribution >= 0.6 is 0 Å². The fourth-order valence-electron chi connectivity index (χ4n) is 7.43. The van der Waals surface area contributed by atoms with Crippen LogP contribution in [0.1, 0.15) is 69.9 Å². The highest BCUT2D eigenvalue weighted by Crippen LogP contribution is 2.49. The molecule has 1 unspecified atom stereocenters. The molecule has 9 heteroatoms. The van der Waals surface area contributed by atoms with E-state index < -0.39 is 18.1 Å². The van der Waals surface area contributed by atoms with Gasteiger partial charge in [-0.05, 0) is 57.6 Å². The monoisotopic (exact) mass is 537 g/mol. The van der Waals surface area contributed by atoms with Gasteiger partial charge in [0.15, 0.2) is 0 Å². The Morgan fingerprint density at radius 2 is 1.82 bits per heavy atom. The SMILES string of the molecule is CN[C@@H](C)C(=O)N[C@H](C(=O)N1C[C@H]2C[C@@H]3C[C@@H]3N2CC1C(=O)N[C@@H]1CCOc2ccccc21)C1CCCCC1. The summed E-state index contributed by atoms with van der Waals surface area (Å²) in [6, 6.07) is 6.99. The molecular formula is C30H43N5O4. The number of amides is 3. The van der Waals surface area contributed by atoms with Gasteiger partial charge in [0.05, 0.1) is 18.7 Å². The average Bonchev–Trinajstić information content (AvgIpc) is 3.65. The molecule has 9 nitrogen and oxygen atoms in total. The van der Waals surface area contributed by atoms with Gasteiger partial charge in [-0.2, -0.15) is 0 Å². The van der Waals surface area contributed by atoms with E-state index in [1.807, 2.05) is 36.1 Å². The molecule has 0 radical (unpaired) electrons. The number of hydrogen-bond acceptors (Lipinski definition) is 6. The van der Waals surface area contributed by atoms with Gasteiger partial charge in [0.25, 0.3) is 0 Å². The van der Waals surface area contributed by atoms with Gasteiger partial charge in [0.1, 0.15) is 17.8 Å². The first kappa shape index (κ1) is 26.6. The molecule has 1 aromatic carbocycles. The number of hydrogen-bond donors (Lipinski definition) is 3. The molecule has 3 N–H and O–H groups in total. The Morgan fingerprint density at radius 3 is 2.62 bits per heavy atom. The van der Waals surface area contributed by atoms with E-state index in [0.717, 1.165) is 43.4 Å². The molecule has 39 heavy (non-hydrogen) atoms. The van der Waals surface area contributed by atoms with Crippen molar-refractivity contribution < 1.29 is 19.1 Å². The predicted octanol–water partition coefficient (Wildman–Crippen LogP) is 1.97. The third kappa shape index (κ3) is 5.27. The number of likely N-dealkylation sites (N-methyl/N-ethyl adjacent to an activating group) is 1. The van der Waals surface area contributed by atoms with Crippen molar-refractivity contribution in [3.63, 3.8) is 0 Å². The van der Waals surface area contributed by atoms with E-state index in [1.54, 1.807) is 7.05 Å². The average molecular weight is 538 g/mol. The zero-order chi connectivity index (χ0) is 27.1. The molecule has 2 saturated heterocycles. The molecular weight excluding hydrogens is 494 g/mol. The van der Waals surface area contributed by atoms with E-state index in [0.29, 0.717) is 44.1 Å². The number of nitrogens with one attached hydrogen (secondary N) is 3. The van der Waals surface area contributed by atoms with Crippen molar-refractivity contribution in [2.75, 3.05) is 26.7 Å². The Bertz CT molecular complexity index is 1090. The molecule has 3 amide bonds. The fourth-order valence-corrected chi connectivity index (χ4v) is 7.43. The minimum absolute atomic E-state index is 0.0914. The first-order valence-electron chi connectivity index (χ1n) is 15.0. The summed E-state index contributed by atoms with van der Waals surface area (Å²) in [5.41, 5.74) is 0.987. The number of nitrogens with zero attached hydrogens (tertiary/aromatic N) is 2. The summed E-state index contributed by atoms with van der Waals surface area (Å²) in [6.45, 7) is 3.47. The number of ether oxygens (including phenoxy) is 1. The Hall–Kier alpha value is -2.65. The predicted molar refractivity (Wildman–Crippen MR) is 147 cm³/mol. The van der Waals surface area contributed by atoms with Crippen molar-refractivity contribution in [1.29, 1.82) is 0 Å². The summed E-state index contributed by atoms with van der Waals surface area (Å²) in [5, 5.41) is 9.39. The first-order chi connectivity index (χ1) is 18.9. The van der Waals surface area contributed by atoms with Crippen LogP contribution in [0.5, 0.6) is 5.75 Å². The highest BCUT2D eigenvalue weighted by molar-refractivity contribution is 5.93. The molecule has 6 rings (SSSR count). The van der Waals surface area contributed by atoms with Crippen LogP contribution in [0.25, 0.3) is 0 Å². The number of fused-ring (bicyclic) bond motifs is 4.